The van der Waals surface area contributed by atoms with Gasteiger partial charge in [-0.25, -0.2) is 0 Å². The van der Waals surface area contributed by atoms with Crippen LogP contribution in [0, 0.1) is 23.7 Å². The van der Waals surface area contributed by atoms with Gasteiger partial charge in [-0.05, 0) is 49.4 Å². The van der Waals surface area contributed by atoms with Crippen molar-refractivity contribution in [2.45, 2.75) is 222 Å². The van der Waals surface area contributed by atoms with E-state index in [1.54, 1.807) is 38.5 Å². The molecule has 38 heavy (non-hydrogen) atoms. The molecule has 1 aliphatic rings. The summed E-state index contributed by atoms with van der Waals surface area (Å²) in [5.41, 5.74) is 0. The maximum atomic E-state index is 2.36. The van der Waals surface area contributed by atoms with Crippen molar-refractivity contribution in [1.29, 1.82) is 0 Å². The van der Waals surface area contributed by atoms with Crippen molar-refractivity contribution < 1.29 is 0 Å². The Morgan fingerprint density at radius 2 is 0.553 bits per heavy atom. The normalized spacial score (nSPS) is 20.8. The highest BCUT2D eigenvalue weighted by Gasteiger charge is 2.37. The molecule has 0 aromatic heterocycles. The average molecular weight is 537 g/mol. The van der Waals surface area contributed by atoms with E-state index in [4.69, 9.17) is 0 Å². The van der Waals surface area contributed by atoms with Crippen molar-refractivity contribution in [3.63, 3.8) is 0 Å². The molecule has 0 radical (unpaired) electrons. The molecule has 1 rings (SSSR count). The van der Waals surface area contributed by atoms with E-state index in [9.17, 15) is 0 Å². The van der Waals surface area contributed by atoms with Gasteiger partial charge in [0, 0.05) is 0 Å². The number of rotatable bonds is 24. The van der Waals surface area contributed by atoms with Crippen LogP contribution in [0.25, 0.3) is 0 Å². The first-order valence-corrected chi connectivity index (χ1v) is 18.8. The summed E-state index contributed by atoms with van der Waals surface area (Å²) < 4.78 is 0. The van der Waals surface area contributed by atoms with Gasteiger partial charge in [-0.15, -0.1) is 0 Å². The van der Waals surface area contributed by atoms with E-state index in [-0.39, 0.29) is 0 Å². The lowest BCUT2D eigenvalue weighted by Gasteiger charge is -2.44. The molecule has 0 saturated heterocycles. The second-order valence-corrected chi connectivity index (χ2v) is 12.2. The predicted octanol–water partition coefficient (Wildman–Crippen LogP) is 14.7. The highest BCUT2D eigenvalue weighted by molar-refractivity contribution is 4.88. The summed E-state index contributed by atoms with van der Waals surface area (Å²) in [6.45, 7) is 17.4. The standard InChI is InChI=1S/C34H68.2C2H6/c1-5-9-13-17-20-24-28-34-31(25-21-16-12-8-4)29-30-32(26-22-18-14-10-6-2)33(34)27-23-19-15-11-7-3;2*1-2/h31-34H,5-30H2,1-4H3;2*1-2H3. The summed E-state index contributed by atoms with van der Waals surface area (Å²) in [6, 6.07) is 0. The maximum absolute atomic E-state index is 2.36. The number of hydrogen-bond acceptors (Lipinski definition) is 0. The topological polar surface area (TPSA) is 0 Å². The fraction of sp³-hybridized carbons (Fsp3) is 1.00. The highest BCUT2D eigenvalue weighted by atomic mass is 14.4. The molecule has 0 N–H and O–H groups in total. The Labute approximate surface area is 245 Å². The summed E-state index contributed by atoms with van der Waals surface area (Å²) in [7, 11) is 0. The Morgan fingerprint density at radius 1 is 0.316 bits per heavy atom. The minimum atomic E-state index is 1.06. The molecular formula is C38H80. The smallest absolute Gasteiger partial charge is 0.0355 e. The van der Waals surface area contributed by atoms with E-state index >= 15 is 0 Å². The highest BCUT2D eigenvalue weighted by Crippen LogP contribution is 2.47. The van der Waals surface area contributed by atoms with Crippen LogP contribution < -0.4 is 0 Å². The first-order chi connectivity index (χ1) is 18.8. The molecule has 1 aliphatic carbocycles. The molecule has 0 spiro atoms. The van der Waals surface area contributed by atoms with Crippen LogP contribution in [0.4, 0.5) is 0 Å². The minimum absolute atomic E-state index is 1.06. The fourth-order valence-corrected chi connectivity index (χ4v) is 7.16. The Morgan fingerprint density at radius 3 is 0.868 bits per heavy atom. The van der Waals surface area contributed by atoms with Crippen LogP contribution in [0.1, 0.15) is 222 Å². The first kappa shape index (κ1) is 40.1. The molecule has 1 saturated carbocycles. The third kappa shape index (κ3) is 21.8. The number of hydrogen-bond donors (Lipinski definition) is 0. The van der Waals surface area contributed by atoms with Gasteiger partial charge in [-0.2, -0.15) is 0 Å². The van der Waals surface area contributed by atoms with Crippen molar-refractivity contribution >= 4 is 0 Å². The van der Waals surface area contributed by atoms with E-state index in [0.717, 1.165) is 23.7 Å². The lowest BCUT2D eigenvalue weighted by Crippen LogP contribution is -2.35. The third-order valence-corrected chi connectivity index (χ3v) is 9.31. The van der Waals surface area contributed by atoms with E-state index in [1.807, 2.05) is 27.7 Å². The monoisotopic (exact) mass is 537 g/mol. The predicted molar refractivity (Wildman–Crippen MR) is 179 cm³/mol. The second-order valence-electron chi connectivity index (χ2n) is 12.2. The van der Waals surface area contributed by atoms with Crippen LogP contribution in [0.5, 0.6) is 0 Å². The molecule has 0 nitrogen and oxygen atoms in total. The molecule has 0 heteroatoms. The zero-order chi connectivity index (χ0) is 28.7. The Kier molecular flexibility index (Phi) is 35.1. The molecule has 4 atom stereocenters. The third-order valence-electron chi connectivity index (χ3n) is 9.31. The number of unbranched alkanes of at least 4 members (excludes halogenated alkanes) is 16. The van der Waals surface area contributed by atoms with Crippen LogP contribution in [-0.4, -0.2) is 0 Å². The van der Waals surface area contributed by atoms with Crippen LogP contribution in [0.2, 0.25) is 0 Å². The second kappa shape index (κ2) is 33.2. The van der Waals surface area contributed by atoms with Crippen molar-refractivity contribution in [3.8, 4) is 0 Å². The molecule has 1 fully saturated rings. The van der Waals surface area contributed by atoms with Gasteiger partial charge in [-0.1, -0.05) is 197 Å². The summed E-state index contributed by atoms with van der Waals surface area (Å²) in [5, 5.41) is 0. The van der Waals surface area contributed by atoms with Crippen molar-refractivity contribution in [1.82, 2.24) is 0 Å². The zero-order valence-corrected chi connectivity index (χ0v) is 28.7. The largest absolute Gasteiger partial charge is 0.0683 e. The van der Waals surface area contributed by atoms with Gasteiger partial charge in [0.2, 0.25) is 0 Å². The fourth-order valence-electron chi connectivity index (χ4n) is 7.16. The Balaban J connectivity index is 0. The summed E-state index contributed by atoms with van der Waals surface area (Å²) in [4.78, 5) is 0. The molecule has 0 aromatic carbocycles. The maximum Gasteiger partial charge on any atom is -0.0355 e. The molecule has 0 bridgehead atoms. The van der Waals surface area contributed by atoms with Gasteiger partial charge < -0.3 is 0 Å². The molecular weight excluding hydrogens is 456 g/mol. The molecule has 0 heterocycles. The van der Waals surface area contributed by atoms with Crippen molar-refractivity contribution in [3.05, 3.63) is 0 Å². The van der Waals surface area contributed by atoms with Crippen LogP contribution in [0.15, 0.2) is 0 Å². The molecule has 0 aliphatic heterocycles. The molecule has 4 unspecified atom stereocenters. The van der Waals surface area contributed by atoms with Crippen LogP contribution in [-0.2, 0) is 0 Å². The van der Waals surface area contributed by atoms with Crippen LogP contribution >= 0.6 is 0 Å². The van der Waals surface area contributed by atoms with Gasteiger partial charge in [-0.3, -0.25) is 0 Å². The van der Waals surface area contributed by atoms with E-state index < -0.39 is 0 Å². The van der Waals surface area contributed by atoms with Gasteiger partial charge in [0.1, 0.15) is 0 Å². The summed E-state index contributed by atoms with van der Waals surface area (Å²) in [6.07, 6.45) is 38.7. The first-order valence-electron chi connectivity index (χ1n) is 18.8. The Bertz CT molecular complexity index is 399. The van der Waals surface area contributed by atoms with Crippen molar-refractivity contribution in [2.24, 2.45) is 23.7 Å². The summed E-state index contributed by atoms with van der Waals surface area (Å²) in [5.74, 6) is 4.25. The van der Waals surface area contributed by atoms with Gasteiger partial charge in [0.25, 0.3) is 0 Å². The van der Waals surface area contributed by atoms with E-state index in [1.165, 1.54) is 128 Å². The van der Waals surface area contributed by atoms with E-state index in [0.29, 0.717) is 0 Å². The summed E-state index contributed by atoms with van der Waals surface area (Å²) >= 11 is 0. The SMILES string of the molecule is CC.CC.CCCCCCCCC1C(CCCCCC)CCC(CCCCCCC)C1CCCCCCC. The van der Waals surface area contributed by atoms with Crippen LogP contribution in [0.3, 0.4) is 0 Å². The average Bonchev–Trinajstić information content (AvgIpc) is 2.96. The van der Waals surface area contributed by atoms with Gasteiger partial charge in [0.15, 0.2) is 0 Å². The Hall–Kier alpha value is 0. The van der Waals surface area contributed by atoms with Crippen molar-refractivity contribution in [2.75, 3.05) is 0 Å². The molecule has 0 aromatic rings. The lowest BCUT2D eigenvalue weighted by molar-refractivity contribution is 0.0581. The lowest BCUT2D eigenvalue weighted by atomic mass is 9.61. The minimum Gasteiger partial charge on any atom is -0.0683 e. The van der Waals surface area contributed by atoms with E-state index in [2.05, 4.69) is 27.7 Å². The quantitative estimate of drug-likeness (QED) is 0.108. The zero-order valence-electron chi connectivity index (χ0n) is 28.7. The molecule has 232 valence electrons. The molecule has 0 amide bonds. The van der Waals surface area contributed by atoms with Gasteiger partial charge in [0.05, 0.1) is 0 Å². The van der Waals surface area contributed by atoms with Gasteiger partial charge >= 0.3 is 0 Å².